The molecule has 0 unspecified atom stereocenters. The number of hydrogen-bond donors (Lipinski definition) is 1. The number of morpholine rings is 1. The highest BCUT2D eigenvalue weighted by atomic mass is 16.5. The number of carbonyl (C=O) groups excluding carboxylic acids is 1. The third-order valence-corrected chi connectivity index (χ3v) is 6.07. The zero-order valence-corrected chi connectivity index (χ0v) is 18.2. The van der Waals surface area contributed by atoms with Crippen LogP contribution in [0.3, 0.4) is 0 Å². The molecule has 10 nitrogen and oxygen atoms in total. The van der Waals surface area contributed by atoms with E-state index < -0.39 is 0 Å². The molecule has 0 aliphatic carbocycles. The number of anilines is 1. The number of hydrogen-bond acceptors (Lipinski definition) is 8. The van der Waals surface area contributed by atoms with Gasteiger partial charge in [-0.2, -0.15) is 0 Å². The van der Waals surface area contributed by atoms with E-state index in [1.54, 1.807) is 23.0 Å². The molecule has 0 saturated carbocycles. The number of fused-ring (bicyclic) bond motifs is 2. The van der Waals surface area contributed by atoms with Crippen LogP contribution in [0.2, 0.25) is 0 Å². The van der Waals surface area contributed by atoms with Crippen LogP contribution in [-0.4, -0.2) is 63.9 Å². The lowest BCUT2D eigenvalue weighted by molar-refractivity contribution is -0.119. The summed E-state index contributed by atoms with van der Waals surface area (Å²) in [5, 5.41) is 8.45. The molecular weight excluding hydrogens is 424 g/mol. The minimum atomic E-state index is 0.0152. The summed E-state index contributed by atoms with van der Waals surface area (Å²) < 4.78 is 19.4. The van der Waals surface area contributed by atoms with Crippen LogP contribution in [0.15, 0.2) is 41.1 Å². The number of furan rings is 1. The predicted octanol–water partition coefficient (Wildman–Crippen LogP) is 2.42. The summed E-state index contributed by atoms with van der Waals surface area (Å²) in [5.41, 5.74) is 2.17. The minimum absolute atomic E-state index is 0.0152. The van der Waals surface area contributed by atoms with E-state index in [1.165, 1.54) is 0 Å². The number of aromatic nitrogens is 4. The second-order valence-electron chi connectivity index (χ2n) is 8.48. The van der Waals surface area contributed by atoms with Crippen molar-refractivity contribution in [1.29, 1.82) is 0 Å². The lowest BCUT2D eigenvalue weighted by atomic mass is 10.2. The first-order chi connectivity index (χ1) is 16.1. The number of rotatable bonds is 5. The Labute approximate surface area is 189 Å². The molecule has 0 bridgehead atoms. The first-order valence-corrected chi connectivity index (χ1v) is 11.2. The molecule has 2 aliphatic rings. The molecule has 4 aromatic rings. The fraction of sp³-hybridized carbons (Fsp3) is 0.391. The third kappa shape index (κ3) is 3.76. The summed E-state index contributed by atoms with van der Waals surface area (Å²) in [4.78, 5) is 22.7. The lowest BCUT2D eigenvalue weighted by Crippen LogP contribution is -2.41. The van der Waals surface area contributed by atoms with Crippen LogP contribution < -0.4 is 15.0 Å². The quantitative estimate of drug-likeness (QED) is 0.496. The SMILES string of the molecule is C[C@@H]1CN(c2nccc3oc(-c4cnc5ccc(OC[C@@H]6CCC(=O)N6)nn45)cc23)CCO1. The molecule has 1 amide bonds. The van der Waals surface area contributed by atoms with Gasteiger partial charge in [-0.25, -0.2) is 14.5 Å². The average molecular weight is 448 g/mol. The van der Waals surface area contributed by atoms with Gasteiger partial charge < -0.3 is 24.1 Å². The normalized spacial score (nSPS) is 21.1. The summed E-state index contributed by atoms with van der Waals surface area (Å²) in [7, 11) is 0. The van der Waals surface area contributed by atoms with Gasteiger partial charge in [-0.05, 0) is 31.5 Å². The third-order valence-electron chi connectivity index (χ3n) is 6.07. The van der Waals surface area contributed by atoms with Crippen molar-refractivity contribution in [3.63, 3.8) is 0 Å². The van der Waals surface area contributed by atoms with Crippen LogP contribution in [-0.2, 0) is 9.53 Å². The number of ether oxygens (including phenoxy) is 2. The monoisotopic (exact) mass is 448 g/mol. The Morgan fingerprint density at radius 3 is 3.06 bits per heavy atom. The van der Waals surface area contributed by atoms with Crippen molar-refractivity contribution in [3.8, 4) is 17.3 Å². The van der Waals surface area contributed by atoms with Gasteiger partial charge in [-0.1, -0.05) is 0 Å². The van der Waals surface area contributed by atoms with E-state index in [0.29, 0.717) is 36.9 Å². The van der Waals surface area contributed by atoms with Crippen molar-refractivity contribution < 1.29 is 18.7 Å². The second kappa shape index (κ2) is 8.04. The smallest absolute Gasteiger partial charge is 0.231 e. The Hall–Kier alpha value is -3.66. The molecule has 170 valence electrons. The molecule has 2 saturated heterocycles. The summed E-state index contributed by atoms with van der Waals surface area (Å²) in [5.74, 6) is 2.07. The largest absolute Gasteiger partial charge is 0.474 e. The van der Waals surface area contributed by atoms with Gasteiger partial charge in [-0.3, -0.25) is 4.79 Å². The topological polar surface area (TPSA) is 107 Å². The summed E-state index contributed by atoms with van der Waals surface area (Å²) in [6, 6.07) is 7.51. The summed E-state index contributed by atoms with van der Waals surface area (Å²) >= 11 is 0. The maximum Gasteiger partial charge on any atom is 0.231 e. The highest BCUT2D eigenvalue weighted by Gasteiger charge is 2.23. The van der Waals surface area contributed by atoms with Crippen molar-refractivity contribution in [2.75, 3.05) is 31.2 Å². The van der Waals surface area contributed by atoms with Crippen LogP contribution in [0.4, 0.5) is 5.82 Å². The molecule has 10 heteroatoms. The minimum Gasteiger partial charge on any atom is -0.474 e. The van der Waals surface area contributed by atoms with Gasteiger partial charge in [0.2, 0.25) is 11.8 Å². The van der Waals surface area contributed by atoms with Gasteiger partial charge in [0.25, 0.3) is 0 Å². The molecule has 4 aromatic heterocycles. The number of carbonyl (C=O) groups is 1. The molecule has 0 spiro atoms. The van der Waals surface area contributed by atoms with E-state index in [2.05, 4.69) is 32.2 Å². The number of nitrogens with zero attached hydrogens (tertiary/aromatic N) is 5. The summed E-state index contributed by atoms with van der Waals surface area (Å²) in [6.07, 6.45) is 4.98. The number of nitrogens with one attached hydrogen (secondary N) is 1. The molecule has 2 atom stereocenters. The molecule has 2 fully saturated rings. The van der Waals surface area contributed by atoms with Crippen molar-refractivity contribution in [2.45, 2.75) is 31.9 Å². The first-order valence-electron chi connectivity index (χ1n) is 11.2. The van der Waals surface area contributed by atoms with Crippen LogP contribution in [0, 0.1) is 0 Å². The van der Waals surface area contributed by atoms with Crippen molar-refractivity contribution >= 4 is 28.3 Å². The van der Waals surface area contributed by atoms with Crippen LogP contribution >= 0.6 is 0 Å². The fourth-order valence-electron chi connectivity index (χ4n) is 4.43. The van der Waals surface area contributed by atoms with Gasteiger partial charge >= 0.3 is 0 Å². The number of imidazole rings is 1. The van der Waals surface area contributed by atoms with E-state index in [-0.39, 0.29) is 18.1 Å². The van der Waals surface area contributed by atoms with E-state index in [0.717, 1.165) is 42.0 Å². The van der Waals surface area contributed by atoms with Crippen molar-refractivity contribution in [2.24, 2.45) is 0 Å². The van der Waals surface area contributed by atoms with Crippen molar-refractivity contribution in [1.82, 2.24) is 24.9 Å². The Bertz CT molecular complexity index is 1330. The standard InChI is InChI=1S/C23H24N6O4/c1-14-12-28(8-9-31-14)23-16-10-19(33-18(16)6-7-24-23)17-11-25-20-3-5-22(27-29(17)20)32-13-15-2-4-21(30)26-15/h3,5-7,10-11,14-15H,2,4,8-9,12-13H2,1H3,(H,26,30)/t14-,15+/m1/s1. The molecule has 1 N–H and O–H groups in total. The molecule has 33 heavy (non-hydrogen) atoms. The predicted molar refractivity (Wildman–Crippen MR) is 120 cm³/mol. The van der Waals surface area contributed by atoms with Crippen LogP contribution in [0.5, 0.6) is 5.88 Å². The molecule has 6 heterocycles. The molecule has 6 rings (SSSR count). The molecular formula is C23H24N6O4. The zero-order chi connectivity index (χ0) is 22.4. The van der Waals surface area contributed by atoms with E-state index in [1.807, 2.05) is 18.2 Å². The molecule has 0 aromatic carbocycles. The maximum absolute atomic E-state index is 11.4. The molecule has 0 radical (unpaired) electrons. The average Bonchev–Trinajstić information content (AvgIpc) is 3.54. The fourth-order valence-corrected chi connectivity index (χ4v) is 4.43. The van der Waals surface area contributed by atoms with Gasteiger partial charge in [0.15, 0.2) is 11.4 Å². The second-order valence-corrected chi connectivity index (χ2v) is 8.48. The molecule has 2 aliphatic heterocycles. The Kier molecular flexibility index (Phi) is 4.87. The Morgan fingerprint density at radius 1 is 1.27 bits per heavy atom. The highest BCUT2D eigenvalue weighted by Crippen LogP contribution is 2.33. The zero-order valence-electron chi connectivity index (χ0n) is 18.2. The first kappa shape index (κ1) is 20.0. The number of amides is 1. The Balaban J connectivity index is 1.31. The van der Waals surface area contributed by atoms with Gasteiger partial charge in [0.05, 0.1) is 30.3 Å². The van der Waals surface area contributed by atoms with Gasteiger partial charge in [-0.15, -0.1) is 5.10 Å². The van der Waals surface area contributed by atoms with Crippen molar-refractivity contribution in [3.05, 3.63) is 36.7 Å². The van der Waals surface area contributed by atoms with Crippen LogP contribution in [0.25, 0.3) is 28.1 Å². The van der Waals surface area contributed by atoms with Gasteiger partial charge in [0, 0.05) is 31.8 Å². The lowest BCUT2D eigenvalue weighted by Gasteiger charge is -2.32. The van der Waals surface area contributed by atoms with Gasteiger partial charge in [0.1, 0.15) is 23.7 Å². The maximum atomic E-state index is 11.4. The highest BCUT2D eigenvalue weighted by molar-refractivity contribution is 5.92. The van der Waals surface area contributed by atoms with E-state index in [4.69, 9.17) is 13.9 Å². The Morgan fingerprint density at radius 2 is 2.21 bits per heavy atom. The summed E-state index contributed by atoms with van der Waals surface area (Å²) in [6.45, 7) is 4.69. The van der Waals surface area contributed by atoms with E-state index in [9.17, 15) is 4.79 Å². The van der Waals surface area contributed by atoms with Crippen LogP contribution in [0.1, 0.15) is 19.8 Å². The number of pyridine rings is 1. The van der Waals surface area contributed by atoms with E-state index >= 15 is 0 Å².